The molecule has 0 atom stereocenters. The second-order valence-corrected chi connectivity index (χ2v) is 12.4. The number of nitrogens with zero attached hydrogens (tertiary/aromatic N) is 4. The van der Waals surface area contributed by atoms with Crippen LogP contribution in [-0.4, -0.2) is 19.9 Å². The van der Waals surface area contributed by atoms with E-state index in [1.165, 1.54) is 43.4 Å². The minimum absolute atomic E-state index is 0.879. The lowest BCUT2D eigenvalue weighted by atomic mass is 9.86. The van der Waals surface area contributed by atoms with Crippen molar-refractivity contribution in [1.29, 1.82) is 0 Å². The van der Waals surface area contributed by atoms with E-state index in [1.807, 2.05) is 30.7 Å². The zero-order valence-corrected chi connectivity index (χ0v) is 25.8. The van der Waals surface area contributed by atoms with Gasteiger partial charge in [-0.15, -0.1) is 0 Å². The lowest BCUT2D eigenvalue weighted by Crippen LogP contribution is -1.92. The molecule has 0 spiro atoms. The summed E-state index contributed by atoms with van der Waals surface area (Å²) in [5, 5.41) is 9.65. The number of benzene rings is 7. The van der Waals surface area contributed by atoms with Crippen LogP contribution in [-0.2, 0) is 0 Å². The molecule has 0 aliphatic carbocycles. The first-order valence-corrected chi connectivity index (χ1v) is 16.1. The van der Waals surface area contributed by atoms with E-state index >= 15 is 0 Å². The molecule has 7 aromatic carbocycles. The number of fused-ring (bicyclic) bond motifs is 2. The summed E-state index contributed by atoms with van der Waals surface area (Å²) in [6.45, 7) is 0. The normalized spacial score (nSPS) is 11.8. The van der Waals surface area contributed by atoms with Crippen molar-refractivity contribution in [2.75, 3.05) is 0 Å². The third kappa shape index (κ3) is 4.24. The molecular formula is C44H26N4. The summed E-state index contributed by atoms with van der Waals surface area (Å²) in [4.78, 5) is 18.1. The Morgan fingerprint density at radius 2 is 0.917 bits per heavy atom. The molecule has 0 N–H and O–H groups in total. The molecule has 222 valence electrons. The predicted molar refractivity (Wildman–Crippen MR) is 198 cm³/mol. The maximum absolute atomic E-state index is 4.64. The molecule has 0 aliphatic rings. The van der Waals surface area contributed by atoms with E-state index in [4.69, 9.17) is 0 Å². The van der Waals surface area contributed by atoms with E-state index in [2.05, 4.69) is 135 Å². The van der Waals surface area contributed by atoms with Crippen molar-refractivity contribution in [2.45, 2.75) is 0 Å². The van der Waals surface area contributed by atoms with Gasteiger partial charge in [-0.05, 0) is 120 Å². The highest BCUT2D eigenvalue weighted by Gasteiger charge is 2.17. The molecule has 3 heterocycles. The first-order chi connectivity index (χ1) is 23.8. The number of hydrogen-bond donors (Lipinski definition) is 0. The van der Waals surface area contributed by atoms with E-state index < -0.39 is 0 Å². The predicted octanol–water partition coefficient (Wildman–Crippen LogP) is 11.1. The highest BCUT2D eigenvalue weighted by molar-refractivity contribution is 6.27. The van der Waals surface area contributed by atoms with Crippen molar-refractivity contribution in [1.82, 2.24) is 19.9 Å². The van der Waals surface area contributed by atoms with Crippen LogP contribution in [0.15, 0.2) is 158 Å². The Bertz CT molecular complexity index is 2740. The fourth-order valence-corrected chi connectivity index (χ4v) is 7.34. The third-order valence-corrected chi connectivity index (χ3v) is 9.62. The Morgan fingerprint density at radius 3 is 1.52 bits per heavy atom. The van der Waals surface area contributed by atoms with Crippen LogP contribution in [0.25, 0.3) is 98.8 Å². The first-order valence-electron chi connectivity index (χ1n) is 16.1. The minimum atomic E-state index is 0.879. The van der Waals surface area contributed by atoms with Gasteiger partial charge >= 0.3 is 0 Å². The summed E-state index contributed by atoms with van der Waals surface area (Å²) >= 11 is 0. The van der Waals surface area contributed by atoms with Crippen LogP contribution in [0.4, 0.5) is 0 Å². The van der Waals surface area contributed by atoms with Gasteiger partial charge in [-0.3, -0.25) is 19.9 Å². The van der Waals surface area contributed by atoms with Gasteiger partial charge in [0, 0.05) is 41.1 Å². The number of aromatic nitrogens is 4. The fourth-order valence-electron chi connectivity index (χ4n) is 7.34. The lowest BCUT2D eigenvalue weighted by Gasteiger charge is -2.17. The molecule has 10 rings (SSSR count). The average Bonchev–Trinajstić information content (AvgIpc) is 3.16. The largest absolute Gasteiger partial charge is 0.261 e. The summed E-state index contributed by atoms with van der Waals surface area (Å²) in [5.74, 6) is 0. The molecule has 4 nitrogen and oxygen atoms in total. The van der Waals surface area contributed by atoms with Crippen molar-refractivity contribution < 1.29 is 0 Å². The van der Waals surface area contributed by atoms with E-state index in [1.54, 1.807) is 12.4 Å². The number of hydrogen-bond acceptors (Lipinski definition) is 4. The van der Waals surface area contributed by atoms with Gasteiger partial charge in [-0.2, -0.15) is 0 Å². The SMILES string of the molecule is c1cnc2ccc(-c3cc(-c4ccc5ncccc5c4)cc(-c4ccc5ccc6c(-c7cnccn7)ccc7ccc4c5c76)c3)cc2c1. The van der Waals surface area contributed by atoms with Gasteiger partial charge in [0.2, 0.25) is 0 Å². The van der Waals surface area contributed by atoms with Crippen molar-refractivity contribution in [3.8, 4) is 44.6 Å². The summed E-state index contributed by atoms with van der Waals surface area (Å²) < 4.78 is 0. The second-order valence-electron chi connectivity index (χ2n) is 12.4. The Labute approximate surface area is 276 Å². The van der Waals surface area contributed by atoms with Crippen molar-refractivity contribution in [3.63, 3.8) is 0 Å². The molecule has 10 aromatic rings. The van der Waals surface area contributed by atoms with Gasteiger partial charge < -0.3 is 0 Å². The van der Waals surface area contributed by atoms with E-state index in [9.17, 15) is 0 Å². The van der Waals surface area contributed by atoms with Gasteiger partial charge in [0.25, 0.3) is 0 Å². The lowest BCUT2D eigenvalue weighted by molar-refractivity contribution is 1.21. The maximum atomic E-state index is 4.64. The average molecular weight is 611 g/mol. The zero-order valence-electron chi connectivity index (χ0n) is 25.8. The van der Waals surface area contributed by atoms with Crippen LogP contribution in [0.5, 0.6) is 0 Å². The molecule has 0 unspecified atom stereocenters. The smallest absolute Gasteiger partial charge is 0.0891 e. The molecule has 0 radical (unpaired) electrons. The Morgan fingerprint density at radius 1 is 0.354 bits per heavy atom. The van der Waals surface area contributed by atoms with Crippen LogP contribution < -0.4 is 0 Å². The van der Waals surface area contributed by atoms with Crippen molar-refractivity contribution in [2.24, 2.45) is 0 Å². The monoisotopic (exact) mass is 610 g/mol. The summed E-state index contributed by atoms with van der Waals surface area (Å²) in [5.41, 5.74) is 11.0. The van der Waals surface area contributed by atoms with Crippen LogP contribution in [0, 0.1) is 0 Å². The Hall–Kier alpha value is -6.52. The second kappa shape index (κ2) is 10.5. The van der Waals surface area contributed by atoms with E-state index in [-0.39, 0.29) is 0 Å². The molecule has 0 aliphatic heterocycles. The molecule has 0 amide bonds. The quantitative estimate of drug-likeness (QED) is 0.186. The molecule has 0 saturated carbocycles. The molecule has 3 aromatic heterocycles. The van der Waals surface area contributed by atoms with Gasteiger partial charge in [0.15, 0.2) is 0 Å². The maximum Gasteiger partial charge on any atom is 0.0891 e. The standard InChI is InChI=1S/C44H26N4/c1-3-31-21-29(9-15-40(31)46-17-1)33-23-34(30-10-16-41-32(22-30)4-2-18-47-41)25-35(24-33)36-11-5-27-8-14-39-37(42-26-45-19-20-48-42)12-6-28-7-13-38(36)43(27)44(28)39/h1-26H. The van der Waals surface area contributed by atoms with Crippen LogP contribution >= 0.6 is 0 Å². The molecule has 0 fully saturated rings. The number of pyridine rings is 2. The summed E-state index contributed by atoms with van der Waals surface area (Å²) in [6, 6.07) is 46.2. The fraction of sp³-hybridized carbons (Fsp3) is 0. The highest BCUT2D eigenvalue weighted by Crippen LogP contribution is 2.43. The van der Waals surface area contributed by atoms with Crippen LogP contribution in [0.2, 0.25) is 0 Å². The van der Waals surface area contributed by atoms with Gasteiger partial charge in [-0.1, -0.05) is 72.8 Å². The van der Waals surface area contributed by atoms with Gasteiger partial charge in [0.05, 0.1) is 22.9 Å². The zero-order chi connectivity index (χ0) is 31.6. The van der Waals surface area contributed by atoms with E-state index in [0.29, 0.717) is 0 Å². The summed E-state index contributed by atoms with van der Waals surface area (Å²) in [7, 11) is 0. The molecule has 0 saturated heterocycles. The molecule has 48 heavy (non-hydrogen) atoms. The van der Waals surface area contributed by atoms with Crippen LogP contribution in [0.3, 0.4) is 0 Å². The first kappa shape index (κ1) is 26.7. The minimum Gasteiger partial charge on any atom is -0.261 e. The van der Waals surface area contributed by atoms with Gasteiger partial charge in [-0.25, -0.2) is 0 Å². The molecular weight excluding hydrogens is 585 g/mol. The topological polar surface area (TPSA) is 51.6 Å². The van der Waals surface area contributed by atoms with Gasteiger partial charge in [0.1, 0.15) is 0 Å². The Kier molecular flexibility index (Phi) is 5.84. The summed E-state index contributed by atoms with van der Waals surface area (Å²) in [6.07, 6.45) is 9.01. The third-order valence-electron chi connectivity index (χ3n) is 9.62. The van der Waals surface area contributed by atoms with Crippen molar-refractivity contribution in [3.05, 3.63) is 158 Å². The highest BCUT2D eigenvalue weighted by atomic mass is 14.8. The van der Waals surface area contributed by atoms with Crippen molar-refractivity contribution >= 4 is 54.1 Å². The molecule has 4 heteroatoms. The Balaban J connectivity index is 1.23. The molecule has 0 bridgehead atoms. The van der Waals surface area contributed by atoms with Crippen LogP contribution in [0.1, 0.15) is 0 Å². The number of rotatable bonds is 4. The van der Waals surface area contributed by atoms with E-state index in [0.717, 1.165) is 55.3 Å².